The van der Waals surface area contributed by atoms with E-state index in [1.54, 1.807) is 0 Å². The Balaban J connectivity index is 2.13. The number of piperazine rings is 1. The molecular formula is C14H26N2. The van der Waals surface area contributed by atoms with Gasteiger partial charge in [0.2, 0.25) is 0 Å². The Morgan fingerprint density at radius 1 is 0.688 bits per heavy atom. The molecule has 0 amide bonds. The maximum absolute atomic E-state index is 2.53. The standard InChI is InChI=1S/C14H26N2/c1-3-5-7-9-15-11-13-16(14-12-15)10-8-6-4-2/h5-8H,3-4,9-14H2,1-2H3/b7-5+,8-6+. The molecule has 2 nitrogen and oxygen atoms in total. The topological polar surface area (TPSA) is 6.48 Å². The van der Waals surface area contributed by atoms with Gasteiger partial charge in [-0.2, -0.15) is 0 Å². The fourth-order valence-corrected chi connectivity index (χ4v) is 1.93. The van der Waals surface area contributed by atoms with Gasteiger partial charge in [0.05, 0.1) is 0 Å². The average Bonchev–Trinajstić information content (AvgIpc) is 2.32. The van der Waals surface area contributed by atoms with Crippen LogP contribution in [-0.2, 0) is 0 Å². The van der Waals surface area contributed by atoms with Crippen LogP contribution in [-0.4, -0.2) is 49.1 Å². The first-order valence-corrected chi connectivity index (χ1v) is 6.61. The third kappa shape index (κ3) is 5.47. The molecule has 1 fully saturated rings. The summed E-state index contributed by atoms with van der Waals surface area (Å²) in [5.74, 6) is 0. The second-order valence-electron chi connectivity index (χ2n) is 4.36. The molecule has 16 heavy (non-hydrogen) atoms. The lowest BCUT2D eigenvalue weighted by molar-refractivity contribution is 0.153. The molecule has 0 aromatic heterocycles. The first kappa shape index (κ1) is 13.5. The second-order valence-corrected chi connectivity index (χ2v) is 4.36. The van der Waals surface area contributed by atoms with Crippen molar-refractivity contribution in [1.82, 2.24) is 9.80 Å². The van der Waals surface area contributed by atoms with Gasteiger partial charge in [0.25, 0.3) is 0 Å². The summed E-state index contributed by atoms with van der Waals surface area (Å²) in [5.41, 5.74) is 0. The van der Waals surface area contributed by atoms with E-state index in [2.05, 4.69) is 48.0 Å². The van der Waals surface area contributed by atoms with Gasteiger partial charge in [0.15, 0.2) is 0 Å². The molecule has 0 saturated carbocycles. The summed E-state index contributed by atoms with van der Waals surface area (Å²) in [5, 5.41) is 0. The molecule has 0 aromatic rings. The molecule has 0 aliphatic carbocycles. The highest BCUT2D eigenvalue weighted by molar-refractivity contribution is 4.88. The zero-order valence-corrected chi connectivity index (χ0v) is 10.9. The van der Waals surface area contributed by atoms with E-state index >= 15 is 0 Å². The number of rotatable bonds is 6. The Bertz CT molecular complexity index is 189. The van der Waals surface area contributed by atoms with E-state index in [9.17, 15) is 0 Å². The normalized spacial score (nSPS) is 20.1. The molecule has 92 valence electrons. The number of nitrogens with zero attached hydrogens (tertiary/aromatic N) is 2. The second kappa shape index (κ2) is 8.54. The molecule has 1 rings (SSSR count). The molecule has 2 heteroatoms. The molecule has 1 aliphatic heterocycles. The van der Waals surface area contributed by atoms with Crippen molar-refractivity contribution in [3.63, 3.8) is 0 Å². The van der Waals surface area contributed by atoms with E-state index in [0.717, 1.165) is 25.9 Å². The minimum absolute atomic E-state index is 1.13. The van der Waals surface area contributed by atoms with Gasteiger partial charge < -0.3 is 0 Å². The molecule has 1 saturated heterocycles. The highest BCUT2D eigenvalue weighted by Crippen LogP contribution is 2.02. The summed E-state index contributed by atoms with van der Waals surface area (Å²) in [6.45, 7) is 11.5. The van der Waals surface area contributed by atoms with Crippen molar-refractivity contribution in [1.29, 1.82) is 0 Å². The molecule has 0 bridgehead atoms. The quantitative estimate of drug-likeness (QED) is 0.637. The highest BCUT2D eigenvalue weighted by atomic mass is 15.3. The van der Waals surface area contributed by atoms with Crippen molar-refractivity contribution in [2.24, 2.45) is 0 Å². The van der Waals surface area contributed by atoms with Crippen LogP contribution in [0, 0.1) is 0 Å². The minimum Gasteiger partial charge on any atom is -0.297 e. The van der Waals surface area contributed by atoms with Crippen molar-refractivity contribution < 1.29 is 0 Å². The fourth-order valence-electron chi connectivity index (χ4n) is 1.93. The van der Waals surface area contributed by atoms with Crippen LogP contribution in [0.15, 0.2) is 24.3 Å². The van der Waals surface area contributed by atoms with Gasteiger partial charge in [-0.05, 0) is 12.8 Å². The lowest BCUT2D eigenvalue weighted by Gasteiger charge is -2.33. The highest BCUT2D eigenvalue weighted by Gasteiger charge is 2.13. The Morgan fingerprint density at radius 3 is 1.38 bits per heavy atom. The fraction of sp³-hybridized carbons (Fsp3) is 0.714. The van der Waals surface area contributed by atoms with E-state index in [0.29, 0.717) is 0 Å². The third-order valence-corrected chi connectivity index (χ3v) is 3.00. The monoisotopic (exact) mass is 222 g/mol. The molecule has 0 spiro atoms. The van der Waals surface area contributed by atoms with Gasteiger partial charge >= 0.3 is 0 Å². The van der Waals surface area contributed by atoms with Crippen LogP contribution in [0.2, 0.25) is 0 Å². The maximum Gasteiger partial charge on any atom is 0.0164 e. The van der Waals surface area contributed by atoms with Gasteiger partial charge in [-0.3, -0.25) is 9.80 Å². The molecule has 0 N–H and O–H groups in total. The molecule has 0 radical (unpaired) electrons. The van der Waals surface area contributed by atoms with Crippen molar-refractivity contribution in [3.05, 3.63) is 24.3 Å². The SMILES string of the molecule is CC/C=C/CN1CCN(C/C=C/CC)CC1. The van der Waals surface area contributed by atoms with Gasteiger partial charge in [0, 0.05) is 39.3 Å². The van der Waals surface area contributed by atoms with Crippen LogP contribution in [0.4, 0.5) is 0 Å². The zero-order valence-electron chi connectivity index (χ0n) is 10.9. The summed E-state index contributed by atoms with van der Waals surface area (Å²) >= 11 is 0. The van der Waals surface area contributed by atoms with Gasteiger partial charge in [-0.1, -0.05) is 38.2 Å². The molecule has 1 heterocycles. The summed E-state index contributed by atoms with van der Waals surface area (Å²) in [6.07, 6.45) is 11.4. The average molecular weight is 222 g/mol. The van der Waals surface area contributed by atoms with Crippen LogP contribution >= 0.6 is 0 Å². The lowest BCUT2D eigenvalue weighted by atomic mass is 10.3. The van der Waals surface area contributed by atoms with Crippen molar-refractivity contribution in [2.75, 3.05) is 39.3 Å². The van der Waals surface area contributed by atoms with E-state index in [-0.39, 0.29) is 0 Å². The Hall–Kier alpha value is -0.600. The van der Waals surface area contributed by atoms with Gasteiger partial charge in [0.1, 0.15) is 0 Å². The van der Waals surface area contributed by atoms with Gasteiger partial charge in [-0.25, -0.2) is 0 Å². The number of allylic oxidation sites excluding steroid dienone is 2. The van der Waals surface area contributed by atoms with Crippen molar-refractivity contribution >= 4 is 0 Å². The first-order chi connectivity index (χ1) is 7.86. The smallest absolute Gasteiger partial charge is 0.0164 e. The lowest BCUT2D eigenvalue weighted by Crippen LogP contribution is -2.46. The third-order valence-electron chi connectivity index (χ3n) is 3.00. The van der Waals surface area contributed by atoms with Crippen LogP contribution in [0.1, 0.15) is 26.7 Å². The van der Waals surface area contributed by atoms with E-state index in [1.165, 1.54) is 26.2 Å². The first-order valence-electron chi connectivity index (χ1n) is 6.61. The molecule has 0 atom stereocenters. The summed E-state index contributed by atoms with van der Waals surface area (Å²) in [6, 6.07) is 0. The van der Waals surface area contributed by atoms with Crippen molar-refractivity contribution in [2.45, 2.75) is 26.7 Å². The van der Waals surface area contributed by atoms with E-state index in [1.807, 2.05) is 0 Å². The molecule has 0 aromatic carbocycles. The molecule has 1 aliphatic rings. The van der Waals surface area contributed by atoms with Crippen LogP contribution in [0.5, 0.6) is 0 Å². The number of hydrogen-bond donors (Lipinski definition) is 0. The molecule has 0 unspecified atom stereocenters. The predicted molar refractivity (Wildman–Crippen MR) is 71.7 cm³/mol. The number of hydrogen-bond acceptors (Lipinski definition) is 2. The van der Waals surface area contributed by atoms with Crippen LogP contribution in [0.25, 0.3) is 0 Å². The van der Waals surface area contributed by atoms with Gasteiger partial charge in [-0.15, -0.1) is 0 Å². The molecular weight excluding hydrogens is 196 g/mol. The van der Waals surface area contributed by atoms with Crippen LogP contribution < -0.4 is 0 Å². The van der Waals surface area contributed by atoms with Crippen LogP contribution in [0.3, 0.4) is 0 Å². The largest absolute Gasteiger partial charge is 0.297 e. The zero-order chi connectivity index (χ0) is 11.6. The summed E-state index contributed by atoms with van der Waals surface area (Å²) in [4.78, 5) is 5.07. The summed E-state index contributed by atoms with van der Waals surface area (Å²) < 4.78 is 0. The maximum atomic E-state index is 2.53. The Labute approximate surface area is 101 Å². The summed E-state index contributed by atoms with van der Waals surface area (Å²) in [7, 11) is 0. The predicted octanol–water partition coefficient (Wildman–Crippen LogP) is 2.54. The van der Waals surface area contributed by atoms with Crippen molar-refractivity contribution in [3.8, 4) is 0 Å². The minimum atomic E-state index is 1.13. The Morgan fingerprint density at radius 2 is 1.06 bits per heavy atom. The van der Waals surface area contributed by atoms with E-state index in [4.69, 9.17) is 0 Å². The Kier molecular flexibility index (Phi) is 7.19. The van der Waals surface area contributed by atoms with E-state index < -0.39 is 0 Å².